The Labute approximate surface area is 187 Å². The van der Waals surface area contributed by atoms with Gasteiger partial charge in [-0.15, -0.1) is 11.8 Å². The molecule has 2 amide bonds. The number of amides is 2. The summed E-state index contributed by atoms with van der Waals surface area (Å²) in [5.41, 5.74) is 5.36. The number of nitrogens with zero attached hydrogens (tertiary/aromatic N) is 5. The fraction of sp³-hybridized carbons (Fsp3) is 0.250. The van der Waals surface area contributed by atoms with Gasteiger partial charge in [-0.2, -0.15) is 9.78 Å². The number of benzene rings is 1. The highest BCUT2D eigenvalue weighted by molar-refractivity contribution is 8.00. The lowest BCUT2D eigenvalue weighted by molar-refractivity contribution is -0.387. The topological polar surface area (TPSA) is 159 Å². The molecule has 2 aromatic heterocycles. The average Bonchev–Trinajstić information content (AvgIpc) is 3.16. The van der Waals surface area contributed by atoms with Crippen molar-refractivity contribution in [3.05, 3.63) is 64.1 Å². The van der Waals surface area contributed by atoms with E-state index in [-0.39, 0.29) is 27.3 Å². The van der Waals surface area contributed by atoms with E-state index in [1.54, 1.807) is 24.5 Å². The zero-order valence-corrected chi connectivity index (χ0v) is 18.4. The van der Waals surface area contributed by atoms with Crippen LogP contribution in [0, 0.1) is 10.1 Å². The standard InChI is InChI=1S/C20H21N7O4S/c1-20(2,3)15-10-16(26(25-15)19-22-7-4-8-23-19)24-17(28)11-32-14-6-5-12(18(21)29)9-13(14)27(30)31/h4-10H,11H2,1-3H3,(H2,21,29)(H,24,28). The SMILES string of the molecule is CC(C)(C)c1cc(NC(=O)CSc2ccc(C(N)=O)cc2[N+](=O)[O-])n(-c2ncccn2)n1. The van der Waals surface area contributed by atoms with Crippen LogP contribution in [0.25, 0.3) is 5.95 Å². The number of aromatic nitrogens is 4. The monoisotopic (exact) mass is 455 g/mol. The highest BCUT2D eigenvalue weighted by Crippen LogP contribution is 2.30. The molecule has 0 fully saturated rings. The predicted octanol–water partition coefficient (Wildman–Crippen LogP) is 2.70. The van der Waals surface area contributed by atoms with E-state index in [1.165, 1.54) is 16.8 Å². The van der Waals surface area contributed by atoms with Crippen molar-refractivity contribution >= 4 is 35.1 Å². The highest BCUT2D eigenvalue weighted by Gasteiger charge is 2.23. The van der Waals surface area contributed by atoms with Crippen LogP contribution >= 0.6 is 11.8 Å². The second-order valence-electron chi connectivity index (χ2n) is 7.77. The second-order valence-corrected chi connectivity index (χ2v) is 8.78. The van der Waals surface area contributed by atoms with Crippen LogP contribution in [0.5, 0.6) is 0 Å². The van der Waals surface area contributed by atoms with Gasteiger partial charge in [0.1, 0.15) is 5.82 Å². The first-order valence-corrected chi connectivity index (χ1v) is 10.4. The lowest BCUT2D eigenvalue weighted by atomic mass is 9.92. The number of primary amides is 1. The van der Waals surface area contributed by atoms with Gasteiger partial charge in [0.25, 0.3) is 11.6 Å². The minimum atomic E-state index is -0.770. The number of nitrogens with two attached hydrogens (primary N) is 1. The number of hydrogen-bond donors (Lipinski definition) is 2. The van der Waals surface area contributed by atoms with E-state index in [9.17, 15) is 19.7 Å². The quantitative estimate of drug-likeness (QED) is 0.312. The maximum Gasteiger partial charge on any atom is 0.283 e. The van der Waals surface area contributed by atoms with Crippen molar-refractivity contribution in [1.29, 1.82) is 0 Å². The Bertz CT molecular complexity index is 1170. The number of nitro benzene ring substituents is 1. The molecule has 3 rings (SSSR count). The van der Waals surface area contributed by atoms with Gasteiger partial charge in [0.2, 0.25) is 11.8 Å². The molecule has 3 aromatic rings. The lowest BCUT2D eigenvalue weighted by Crippen LogP contribution is -2.18. The number of carbonyl (C=O) groups excluding carboxylic acids is 2. The van der Waals surface area contributed by atoms with Gasteiger partial charge < -0.3 is 11.1 Å². The molecule has 12 heteroatoms. The van der Waals surface area contributed by atoms with E-state index in [0.29, 0.717) is 11.8 Å². The number of nitrogens with one attached hydrogen (secondary N) is 1. The molecule has 0 radical (unpaired) electrons. The van der Waals surface area contributed by atoms with Gasteiger partial charge in [0.05, 0.1) is 21.3 Å². The summed E-state index contributed by atoms with van der Waals surface area (Å²) < 4.78 is 1.44. The van der Waals surface area contributed by atoms with Gasteiger partial charge in [0.15, 0.2) is 0 Å². The molecule has 0 bridgehead atoms. The third-order valence-corrected chi connectivity index (χ3v) is 5.35. The number of anilines is 1. The van der Waals surface area contributed by atoms with Gasteiger partial charge in [-0.3, -0.25) is 19.7 Å². The Hall–Kier alpha value is -3.80. The van der Waals surface area contributed by atoms with E-state index < -0.39 is 16.7 Å². The molecule has 0 aliphatic rings. The highest BCUT2D eigenvalue weighted by atomic mass is 32.2. The molecule has 0 unspecified atom stereocenters. The minimum absolute atomic E-state index is 0.0203. The van der Waals surface area contributed by atoms with Crippen molar-refractivity contribution in [3.8, 4) is 5.95 Å². The number of thioether (sulfide) groups is 1. The molecule has 0 saturated heterocycles. The van der Waals surface area contributed by atoms with Crippen LogP contribution in [0.3, 0.4) is 0 Å². The molecule has 2 heterocycles. The molecule has 0 spiro atoms. The summed E-state index contributed by atoms with van der Waals surface area (Å²) in [6, 6.07) is 7.29. The first-order chi connectivity index (χ1) is 15.1. The van der Waals surface area contributed by atoms with Crippen LogP contribution in [0.1, 0.15) is 36.8 Å². The number of nitro groups is 1. The fourth-order valence-electron chi connectivity index (χ4n) is 2.65. The third kappa shape index (κ3) is 5.27. The van der Waals surface area contributed by atoms with Crippen LogP contribution < -0.4 is 11.1 Å². The zero-order valence-electron chi connectivity index (χ0n) is 17.6. The second kappa shape index (κ2) is 9.14. The first-order valence-electron chi connectivity index (χ1n) is 9.45. The zero-order chi connectivity index (χ0) is 23.5. The summed E-state index contributed by atoms with van der Waals surface area (Å²) in [5.74, 6) is -0.606. The van der Waals surface area contributed by atoms with Crippen molar-refractivity contribution in [3.63, 3.8) is 0 Å². The molecule has 0 saturated carbocycles. The molecule has 1 aromatic carbocycles. The summed E-state index contributed by atoms with van der Waals surface area (Å²) in [7, 11) is 0. The maximum atomic E-state index is 12.6. The van der Waals surface area contributed by atoms with E-state index in [4.69, 9.17) is 5.73 Å². The molecule has 166 valence electrons. The van der Waals surface area contributed by atoms with Gasteiger partial charge in [0, 0.05) is 35.5 Å². The summed E-state index contributed by atoms with van der Waals surface area (Å²) in [6.45, 7) is 5.96. The Kier molecular flexibility index (Phi) is 6.53. The van der Waals surface area contributed by atoms with E-state index in [1.807, 2.05) is 20.8 Å². The van der Waals surface area contributed by atoms with Crippen molar-refractivity contribution in [1.82, 2.24) is 19.7 Å². The molecule has 3 N–H and O–H groups in total. The van der Waals surface area contributed by atoms with Crippen LogP contribution in [0.2, 0.25) is 0 Å². The van der Waals surface area contributed by atoms with Gasteiger partial charge in [-0.25, -0.2) is 9.97 Å². The van der Waals surface area contributed by atoms with E-state index >= 15 is 0 Å². The Morgan fingerprint density at radius 2 is 1.91 bits per heavy atom. The summed E-state index contributed by atoms with van der Waals surface area (Å²) >= 11 is 0.970. The molecular formula is C20H21N7O4S. The lowest BCUT2D eigenvalue weighted by Gasteiger charge is -2.13. The molecule has 0 aliphatic heterocycles. The normalized spacial score (nSPS) is 11.2. The van der Waals surface area contributed by atoms with Gasteiger partial charge in [-0.05, 0) is 18.2 Å². The maximum absolute atomic E-state index is 12.6. The molecule has 0 aliphatic carbocycles. The first kappa shape index (κ1) is 22.9. The fourth-order valence-corrected chi connectivity index (χ4v) is 3.45. The predicted molar refractivity (Wildman–Crippen MR) is 119 cm³/mol. The van der Waals surface area contributed by atoms with Crippen LogP contribution in [0.15, 0.2) is 47.6 Å². The number of carbonyl (C=O) groups is 2. The summed E-state index contributed by atoms with van der Waals surface area (Å²) in [5, 5.41) is 18.6. The smallest absolute Gasteiger partial charge is 0.283 e. The van der Waals surface area contributed by atoms with Crippen LogP contribution in [-0.2, 0) is 10.2 Å². The number of rotatable bonds is 7. The summed E-state index contributed by atoms with van der Waals surface area (Å²) in [4.78, 5) is 43.2. The van der Waals surface area contributed by atoms with Gasteiger partial charge in [-0.1, -0.05) is 20.8 Å². The molecule has 11 nitrogen and oxygen atoms in total. The van der Waals surface area contributed by atoms with Crippen LogP contribution in [0.4, 0.5) is 11.5 Å². The van der Waals surface area contributed by atoms with E-state index in [0.717, 1.165) is 23.5 Å². The molecule has 32 heavy (non-hydrogen) atoms. The Morgan fingerprint density at radius 1 is 1.22 bits per heavy atom. The molecular weight excluding hydrogens is 434 g/mol. The Morgan fingerprint density at radius 3 is 2.50 bits per heavy atom. The average molecular weight is 456 g/mol. The van der Waals surface area contributed by atoms with Crippen molar-refractivity contribution < 1.29 is 14.5 Å². The number of hydrogen-bond acceptors (Lipinski definition) is 8. The minimum Gasteiger partial charge on any atom is -0.366 e. The van der Waals surface area contributed by atoms with Crippen LogP contribution in [-0.4, -0.2) is 42.2 Å². The third-order valence-electron chi connectivity index (χ3n) is 4.29. The van der Waals surface area contributed by atoms with Gasteiger partial charge >= 0.3 is 0 Å². The Balaban J connectivity index is 1.81. The van der Waals surface area contributed by atoms with E-state index in [2.05, 4.69) is 20.4 Å². The van der Waals surface area contributed by atoms with Crippen molar-refractivity contribution in [2.24, 2.45) is 5.73 Å². The largest absolute Gasteiger partial charge is 0.366 e. The molecule has 0 atom stereocenters. The summed E-state index contributed by atoms with van der Waals surface area (Å²) in [6.07, 6.45) is 3.13. The van der Waals surface area contributed by atoms with Crippen molar-refractivity contribution in [2.45, 2.75) is 31.1 Å². The van der Waals surface area contributed by atoms with Crippen molar-refractivity contribution in [2.75, 3.05) is 11.1 Å².